The molecule has 0 aromatic heterocycles. The van der Waals surface area contributed by atoms with Gasteiger partial charge < -0.3 is 0 Å². The van der Waals surface area contributed by atoms with Gasteiger partial charge >= 0.3 is 0 Å². The number of nitrogens with zero attached hydrogens (tertiary/aromatic N) is 1. The standard InChI is InChI=1S/C17H15N/c1-17(15-10-6-3-7-11-15)16(12-13-18-17)14-8-4-2-5-9-14/h2-13H,1H3. The van der Waals surface area contributed by atoms with E-state index in [-0.39, 0.29) is 5.54 Å². The van der Waals surface area contributed by atoms with E-state index >= 15 is 0 Å². The summed E-state index contributed by atoms with van der Waals surface area (Å²) in [4.78, 5) is 4.68. The number of rotatable bonds is 2. The summed E-state index contributed by atoms with van der Waals surface area (Å²) in [5.74, 6) is 0. The lowest BCUT2D eigenvalue weighted by atomic mass is 9.82. The van der Waals surface area contributed by atoms with Crippen LogP contribution in [-0.4, -0.2) is 6.21 Å². The van der Waals surface area contributed by atoms with Gasteiger partial charge in [0.05, 0.1) is 0 Å². The van der Waals surface area contributed by atoms with Crippen LogP contribution in [0, 0.1) is 0 Å². The molecule has 1 aliphatic heterocycles. The molecule has 0 saturated heterocycles. The van der Waals surface area contributed by atoms with Gasteiger partial charge in [0, 0.05) is 6.21 Å². The van der Waals surface area contributed by atoms with Crippen LogP contribution in [0.4, 0.5) is 0 Å². The molecule has 1 heteroatoms. The van der Waals surface area contributed by atoms with Crippen molar-refractivity contribution in [3.05, 3.63) is 77.9 Å². The Morgan fingerprint density at radius 2 is 1.44 bits per heavy atom. The minimum atomic E-state index is -0.261. The Bertz CT molecular complexity index is 596. The average molecular weight is 233 g/mol. The molecule has 0 saturated carbocycles. The van der Waals surface area contributed by atoms with E-state index in [1.807, 2.05) is 18.3 Å². The highest BCUT2D eigenvalue weighted by Gasteiger charge is 2.32. The highest BCUT2D eigenvalue weighted by molar-refractivity contribution is 5.94. The van der Waals surface area contributed by atoms with Crippen LogP contribution in [0.15, 0.2) is 71.7 Å². The highest BCUT2D eigenvalue weighted by Crippen LogP contribution is 2.41. The van der Waals surface area contributed by atoms with Crippen LogP contribution < -0.4 is 0 Å². The number of aliphatic imine (C=N–C) groups is 1. The van der Waals surface area contributed by atoms with Gasteiger partial charge in [-0.25, -0.2) is 0 Å². The number of hydrogen-bond acceptors (Lipinski definition) is 1. The fourth-order valence-corrected chi connectivity index (χ4v) is 2.48. The molecular formula is C17H15N. The zero-order chi connectivity index (χ0) is 12.4. The van der Waals surface area contributed by atoms with Gasteiger partial charge in [-0.3, -0.25) is 4.99 Å². The first-order valence-corrected chi connectivity index (χ1v) is 6.18. The summed E-state index contributed by atoms with van der Waals surface area (Å²) in [7, 11) is 0. The SMILES string of the molecule is CC1(c2ccccc2)N=CC=C1c1ccccc1. The Morgan fingerprint density at radius 1 is 0.833 bits per heavy atom. The van der Waals surface area contributed by atoms with E-state index in [2.05, 4.69) is 66.5 Å². The molecule has 1 atom stereocenters. The van der Waals surface area contributed by atoms with Gasteiger partial charge in [-0.05, 0) is 29.7 Å². The van der Waals surface area contributed by atoms with Crippen molar-refractivity contribution in [1.29, 1.82) is 0 Å². The number of benzene rings is 2. The largest absolute Gasteiger partial charge is 0.277 e. The van der Waals surface area contributed by atoms with Crippen LogP contribution in [0.2, 0.25) is 0 Å². The quantitative estimate of drug-likeness (QED) is 0.741. The molecule has 2 aromatic rings. The van der Waals surface area contributed by atoms with Gasteiger partial charge in [-0.15, -0.1) is 0 Å². The van der Waals surface area contributed by atoms with E-state index in [9.17, 15) is 0 Å². The summed E-state index contributed by atoms with van der Waals surface area (Å²) in [6.07, 6.45) is 4.03. The van der Waals surface area contributed by atoms with Crippen molar-refractivity contribution >= 4 is 11.8 Å². The first-order chi connectivity index (χ1) is 8.81. The van der Waals surface area contributed by atoms with Crippen molar-refractivity contribution in [3.8, 4) is 0 Å². The minimum absolute atomic E-state index is 0.261. The van der Waals surface area contributed by atoms with E-state index in [1.165, 1.54) is 16.7 Å². The molecule has 1 aliphatic rings. The lowest BCUT2D eigenvalue weighted by molar-refractivity contribution is 0.668. The van der Waals surface area contributed by atoms with Crippen molar-refractivity contribution in [2.75, 3.05) is 0 Å². The topological polar surface area (TPSA) is 12.4 Å². The lowest BCUT2D eigenvalue weighted by Gasteiger charge is -2.26. The van der Waals surface area contributed by atoms with Crippen molar-refractivity contribution in [2.24, 2.45) is 4.99 Å². The van der Waals surface area contributed by atoms with Crippen LogP contribution >= 0.6 is 0 Å². The lowest BCUT2D eigenvalue weighted by Crippen LogP contribution is -2.18. The third-order valence-electron chi connectivity index (χ3n) is 3.52. The van der Waals surface area contributed by atoms with Gasteiger partial charge in [0.2, 0.25) is 0 Å². The molecule has 0 spiro atoms. The molecule has 1 nitrogen and oxygen atoms in total. The molecule has 0 N–H and O–H groups in total. The summed E-state index contributed by atoms with van der Waals surface area (Å²) < 4.78 is 0. The summed E-state index contributed by atoms with van der Waals surface area (Å²) in [5, 5.41) is 0. The second-order valence-corrected chi connectivity index (χ2v) is 4.66. The van der Waals surface area contributed by atoms with E-state index in [0.717, 1.165) is 0 Å². The molecule has 0 fully saturated rings. The van der Waals surface area contributed by atoms with E-state index in [1.54, 1.807) is 0 Å². The molecular weight excluding hydrogens is 218 g/mol. The van der Waals surface area contributed by atoms with Crippen molar-refractivity contribution in [1.82, 2.24) is 0 Å². The second kappa shape index (κ2) is 4.26. The highest BCUT2D eigenvalue weighted by atomic mass is 14.9. The van der Waals surface area contributed by atoms with E-state index in [0.29, 0.717) is 0 Å². The van der Waals surface area contributed by atoms with Crippen LogP contribution in [0.25, 0.3) is 5.57 Å². The summed E-state index contributed by atoms with van der Waals surface area (Å²) in [5.41, 5.74) is 3.47. The Balaban J connectivity index is 2.08. The molecule has 2 aromatic carbocycles. The molecule has 0 radical (unpaired) electrons. The molecule has 0 aliphatic carbocycles. The maximum Gasteiger partial charge on any atom is 0.108 e. The first-order valence-electron chi connectivity index (χ1n) is 6.18. The normalized spacial score (nSPS) is 21.9. The molecule has 0 amide bonds. The van der Waals surface area contributed by atoms with Crippen LogP contribution in [0.1, 0.15) is 18.1 Å². The van der Waals surface area contributed by atoms with Gasteiger partial charge in [0.15, 0.2) is 0 Å². The van der Waals surface area contributed by atoms with Crippen molar-refractivity contribution in [2.45, 2.75) is 12.5 Å². The van der Waals surface area contributed by atoms with Crippen molar-refractivity contribution < 1.29 is 0 Å². The number of allylic oxidation sites excluding steroid dienone is 1. The summed E-state index contributed by atoms with van der Waals surface area (Å²) in [6, 6.07) is 20.9. The molecule has 1 heterocycles. The Labute approximate surface area is 108 Å². The van der Waals surface area contributed by atoms with Gasteiger partial charge in [-0.1, -0.05) is 60.7 Å². The van der Waals surface area contributed by atoms with Gasteiger partial charge in [0.25, 0.3) is 0 Å². The fourth-order valence-electron chi connectivity index (χ4n) is 2.48. The van der Waals surface area contributed by atoms with Crippen molar-refractivity contribution in [3.63, 3.8) is 0 Å². The maximum atomic E-state index is 4.68. The molecule has 1 unspecified atom stereocenters. The third kappa shape index (κ3) is 1.68. The minimum Gasteiger partial charge on any atom is -0.277 e. The molecule has 18 heavy (non-hydrogen) atoms. The second-order valence-electron chi connectivity index (χ2n) is 4.66. The monoisotopic (exact) mass is 233 g/mol. The molecule has 3 rings (SSSR count). The molecule has 0 bridgehead atoms. The van der Waals surface area contributed by atoms with Crippen LogP contribution in [0.5, 0.6) is 0 Å². The fraction of sp³-hybridized carbons (Fsp3) is 0.118. The Morgan fingerprint density at radius 3 is 2.11 bits per heavy atom. The van der Waals surface area contributed by atoms with Gasteiger partial charge in [0.1, 0.15) is 5.54 Å². The predicted molar refractivity (Wildman–Crippen MR) is 76.7 cm³/mol. The third-order valence-corrected chi connectivity index (χ3v) is 3.52. The zero-order valence-corrected chi connectivity index (χ0v) is 10.4. The first kappa shape index (κ1) is 11.0. The molecule has 88 valence electrons. The number of hydrogen-bond donors (Lipinski definition) is 0. The summed E-state index contributed by atoms with van der Waals surface area (Å²) in [6.45, 7) is 2.17. The Hall–Kier alpha value is -2.15. The smallest absolute Gasteiger partial charge is 0.108 e. The van der Waals surface area contributed by atoms with E-state index < -0.39 is 0 Å². The Kier molecular flexibility index (Phi) is 2.60. The average Bonchev–Trinajstić information content (AvgIpc) is 2.84. The predicted octanol–water partition coefficient (Wildman–Crippen LogP) is 4.07. The maximum absolute atomic E-state index is 4.68. The summed E-state index contributed by atoms with van der Waals surface area (Å²) >= 11 is 0. The van der Waals surface area contributed by atoms with E-state index in [4.69, 9.17) is 0 Å². The van der Waals surface area contributed by atoms with Gasteiger partial charge in [-0.2, -0.15) is 0 Å². The zero-order valence-electron chi connectivity index (χ0n) is 10.4. The van der Waals surface area contributed by atoms with Crippen LogP contribution in [0.3, 0.4) is 0 Å². The van der Waals surface area contributed by atoms with Crippen LogP contribution in [-0.2, 0) is 5.54 Å².